The van der Waals surface area contributed by atoms with Crippen molar-refractivity contribution in [2.75, 3.05) is 33.3 Å². The van der Waals surface area contributed by atoms with Gasteiger partial charge in [-0.3, -0.25) is 19.2 Å². The zero-order valence-corrected chi connectivity index (χ0v) is 33.1. The Balaban J connectivity index is 0. The SMILES string of the molecule is CO.O.O=C(O)c1ccc(C(=O)O)cc1.O=C1C=CC=CC1=CNCCNC=C1C=CC=CC1=O.O=C1C=CC=CC1=CNCCNC=C1C=CC=CC1=O.[Mn].[Mn]. The molecule has 0 fully saturated rings. The van der Waals surface area contributed by atoms with E-state index in [2.05, 4.69) is 21.3 Å². The molecule has 5 rings (SSSR count). The number of carboxylic acids is 2. The van der Waals surface area contributed by atoms with Gasteiger partial charge < -0.3 is 42.1 Å². The number of benzene rings is 1. The normalized spacial score (nSPS) is 16.8. The standard InChI is InChI=1S/2C16H16N2O2.C8H6O4.CH4O.2Mn.H2O/c2*19-15-7-3-1-5-13(15)11-17-9-10-18-12-14-6-2-4-8-16(14)20;9-7(10)5-1-2-6(4-3-5)8(11)12;1-2;;;/h2*1-8,11-12,17-18H,9-10H2;1-4H,(H,9,10)(H,11,12);2H,1H3;;;1H2. The van der Waals surface area contributed by atoms with E-state index >= 15 is 0 Å². The van der Waals surface area contributed by atoms with Crippen LogP contribution in [0.5, 0.6) is 0 Å². The third-order valence-electron chi connectivity index (χ3n) is 6.91. The van der Waals surface area contributed by atoms with Crippen LogP contribution in [0.2, 0.25) is 0 Å². The second kappa shape index (κ2) is 31.1. The van der Waals surface area contributed by atoms with Gasteiger partial charge in [-0.15, -0.1) is 0 Å². The van der Waals surface area contributed by atoms with Gasteiger partial charge in [0.1, 0.15) is 0 Å². The molecule has 1 aromatic rings. The first-order chi connectivity index (χ1) is 26.2. The van der Waals surface area contributed by atoms with Crippen LogP contribution >= 0.6 is 0 Å². The van der Waals surface area contributed by atoms with E-state index in [9.17, 15) is 28.8 Å². The van der Waals surface area contributed by atoms with E-state index in [-0.39, 0.29) is 73.9 Å². The summed E-state index contributed by atoms with van der Waals surface area (Å²) in [6.07, 6.45) is 34.2. The Hall–Kier alpha value is -6.12. The Labute approximate surface area is 351 Å². The Bertz CT molecular complexity index is 1670. The van der Waals surface area contributed by atoms with Crippen molar-refractivity contribution in [3.05, 3.63) is 180 Å². The summed E-state index contributed by atoms with van der Waals surface area (Å²) in [4.78, 5) is 66.4. The molecule has 57 heavy (non-hydrogen) atoms. The summed E-state index contributed by atoms with van der Waals surface area (Å²) in [5.41, 5.74) is 2.73. The van der Waals surface area contributed by atoms with Gasteiger partial charge in [0.2, 0.25) is 0 Å². The van der Waals surface area contributed by atoms with Gasteiger partial charge >= 0.3 is 11.9 Å². The Morgan fingerprint density at radius 2 is 0.632 bits per heavy atom. The molecule has 0 atom stereocenters. The average molecular weight is 863 g/mol. The van der Waals surface area contributed by atoms with Crippen molar-refractivity contribution < 1.29 is 83.7 Å². The zero-order valence-electron chi connectivity index (χ0n) is 30.7. The van der Waals surface area contributed by atoms with Gasteiger partial charge in [-0.25, -0.2) is 9.59 Å². The third kappa shape index (κ3) is 20.9. The maximum Gasteiger partial charge on any atom is 0.335 e. The second-order valence-electron chi connectivity index (χ2n) is 10.7. The second-order valence-corrected chi connectivity index (χ2v) is 10.7. The summed E-state index contributed by atoms with van der Waals surface area (Å²) in [6, 6.07) is 5.02. The quantitative estimate of drug-likeness (QED) is 0.0909. The van der Waals surface area contributed by atoms with Crippen LogP contribution in [0.25, 0.3) is 0 Å². The van der Waals surface area contributed by atoms with Crippen molar-refractivity contribution in [3.8, 4) is 0 Å². The number of carboxylic acid groups (broad SMARTS) is 2. The van der Waals surface area contributed by atoms with Gasteiger partial charge in [-0.2, -0.15) is 0 Å². The molecule has 9 N–H and O–H groups in total. The number of hydrogen-bond donors (Lipinski definition) is 7. The van der Waals surface area contributed by atoms with E-state index in [1.54, 1.807) is 73.4 Å². The van der Waals surface area contributed by atoms with E-state index in [0.29, 0.717) is 48.5 Å². The van der Waals surface area contributed by atoms with Crippen LogP contribution < -0.4 is 21.3 Å². The first-order valence-electron chi connectivity index (χ1n) is 16.5. The van der Waals surface area contributed by atoms with Crippen LogP contribution in [0.4, 0.5) is 0 Å². The summed E-state index contributed by atoms with van der Waals surface area (Å²) < 4.78 is 0. The van der Waals surface area contributed by atoms with E-state index < -0.39 is 11.9 Å². The average Bonchev–Trinajstić information content (AvgIpc) is 3.18. The minimum absolute atomic E-state index is 0. The predicted molar refractivity (Wildman–Crippen MR) is 210 cm³/mol. The van der Waals surface area contributed by atoms with Crippen molar-refractivity contribution in [2.45, 2.75) is 0 Å². The topological polar surface area (TPSA) is 243 Å². The summed E-state index contributed by atoms with van der Waals surface area (Å²) in [5.74, 6) is -2.13. The number of aromatic carboxylic acids is 2. The molecule has 2 radical (unpaired) electrons. The fraction of sp³-hybridized carbons (Fsp3) is 0.122. The molecule has 4 aliphatic carbocycles. The third-order valence-corrected chi connectivity index (χ3v) is 6.91. The fourth-order valence-corrected chi connectivity index (χ4v) is 4.17. The summed E-state index contributed by atoms with van der Waals surface area (Å²) in [5, 5.41) is 36.2. The van der Waals surface area contributed by atoms with Crippen LogP contribution in [0.1, 0.15) is 20.7 Å². The molecule has 0 aromatic heterocycles. The van der Waals surface area contributed by atoms with Gasteiger partial charge in [0.15, 0.2) is 23.1 Å². The molecule has 0 bridgehead atoms. The van der Waals surface area contributed by atoms with Gasteiger partial charge in [0.05, 0.1) is 11.1 Å². The fourth-order valence-electron chi connectivity index (χ4n) is 4.17. The molecular formula is C41H44Mn2N4O10. The number of ketones is 4. The minimum atomic E-state index is -1.06. The van der Waals surface area contributed by atoms with Gasteiger partial charge in [0.25, 0.3) is 0 Å². The molecule has 0 spiro atoms. The Kier molecular flexibility index (Phi) is 28.9. The van der Waals surface area contributed by atoms with Crippen LogP contribution in [0.3, 0.4) is 0 Å². The van der Waals surface area contributed by atoms with Crippen LogP contribution in [0.15, 0.2) is 169 Å². The molecule has 302 valence electrons. The Morgan fingerprint density at radius 3 is 0.807 bits per heavy atom. The molecule has 0 unspecified atom stereocenters. The van der Waals surface area contributed by atoms with E-state index in [1.165, 1.54) is 48.6 Å². The summed E-state index contributed by atoms with van der Waals surface area (Å²) in [7, 11) is 1.00. The maximum absolute atomic E-state index is 11.4. The molecule has 14 nitrogen and oxygen atoms in total. The number of hydrogen-bond acceptors (Lipinski definition) is 11. The van der Waals surface area contributed by atoms with E-state index in [0.717, 1.165) is 7.11 Å². The molecule has 0 heterocycles. The van der Waals surface area contributed by atoms with Crippen molar-refractivity contribution in [1.29, 1.82) is 0 Å². The predicted octanol–water partition coefficient (Wildman–Crippen LogP) is 2.51. The molecule has 0 aliphatic heterocycles. The van der Waals surface area contributed by atoms with Gasteiger partial charge in [0, 0.05) is 115 Å². The van der Waals surface area contributed by atoms with Crippen LogP contribution in [0, 0.1) is 0 Å². The first-order valence-corrected chi connectivity index (χ1v) is 16.5. The number of allylic oxidation sites excluding steroid dienone is 20. The van der Waals surface area contributed by atoms with Gasteiger partial charge in [-0.05, 0) is 72.9 Å². The number of carbonyl (C=O) groups is 6. The molecule has 16 heteroatoms. The molecule has 0 saturated heterocycles. The molecule has 0 amide bonds. The van der Waals surface area contributed by atoms with Crippen LogP contribution in [-0.4, -0.2) is 89.2 Å². The van der Waals surface area contributed by atoms with Crippen LogP contribution in [-0.2, 0) is 53.3 Å². The van der Waals surface area contributed by atoms with Crippen molar-refractivity contribution in [1.82, 2.24) is 21.3 Å². The van der Waals surface area contributed by atoms with E-state index in [4.69, 9.17) is 15.3 Å². The van der Waals surface area contributed by atoms with Gasteiger partial charge in [-0.1, -0.05) is 48.6 Å². The largest absolute Gasteiger partial charge is 0.478 e. The van der Waals surface area contributed by atoms with E-state index in [1.807, 2.05) is 24.3 Å². The number of aliphatic hydroxyl groups is 1. The minimum Gasteiger partial charge on any atom is -0.478 e. The Morgan fingerprint density at radius 1 is 0.439 bits per heavy atom. The summed E-state index contributed by atoms with van der Waals surface area (Å²) in [6.45, 7) is 2.63. The maximum atomic E-state index is 11.4. The monoisotopic (exact) mass is 862 g/mol. The molecular weight excluding hydrogens is 818 g/mol. The number of nitrogens with one attached hydrogen (secondary N) is 4. The molecule has 4 aliphatic rings. The molecule has 1 aromatic carbocycles. The first kappa shape index (κ1) is 53.0. The van der Waals surface area contributed by atoms with Crippen molar-refractivity contribution in [3.63, 3.8) is 0 Å². The van der Waals surface area contributed by atoms with Crippen molar-refractivity contribution in [2.24, 2.45) is 0 Å². The summed E-state index contributed by atoms with van der Waals surface area (Å²) >= 11 is 0. The number of carbonyl (C=O) groups excluding carboxylic acids is 4. The molecule has 0 saturated carbocycles. The zero-order chi connectivity index (χ0) is 39.6. The number of aliphatic hydroxyl groups excluding tert-OH is 1. The smallest absolute Gasteiger partial charge is 0.335 e. The number of rotatable bonds is 12. The van der Waals surface area contributed by atoms with Crippen molar-refractivity contribution >= 4 is 35.1 Å².